The van der Waals surface area contributed by atoms with Crippen LogP contribution in [0.4, 0.5) is 15.5 Å². The van der Waals surface area contributed by atoms with Crippen LogP contribution in [0.2, 0.25) is 0 Å². The lowest BCUT2D eigenvalue weighted by Gasteiger charge is -2.34. The van der Waals surface area contributed by atoms with Crippen LogP contribution in [0.3, 0.4) is 0 Å². The number of anilines is 1. The maximum absolute atomic E-state index is 12.0. The van der Waals surface area contributed by atoms with Gasteiger partial charge in [0.15, 0.2) is 0 Å². The first-order valence-corrected chi connectivity index (χ1v) is 7.66. The second-order valence-corrected chi connectivity index (χ2v) is 4.90. The number of piperazine rings is 1. The van der Waals surface area contributed by atoms with Gasteiger partial charge >= 0.3 is 12.1 Å². The van der Waals surface area contributed by atoms with Crippen molar-refractivity contribution in [1.82, 2.24) is 25.5 Å². The summed E-state index contributed by atoms with van der Waals surface area (Å²) in [6.07, 6.45) is 2.94. The minimum atomic E-state index is -0.474. The normalized spacial score (nSPS) is 14.3. The van der Waals surface area contributed by atoms with Crippen molar-refractivity contribution in [2.24, 2.45) is 0 Å². The van der Waals surface area contributed by atoms with Crippen LogP contribution in [0.5, 0.6) is 0 Å². The van der Waals surface area contributed by atoms with Crippen molar-refractivity contribution >= 4 is 18.1 Å². The van der Waals surface area contributed by atoms with Gasteiger partial charge in [-0.2, -0.15) is 0 Å². The molecule has 1 fully saturated rings. The molecule has 3 amide bonds. The Hall–Kier alpha value is -2.58. The lowest BCUT2D eigenvalue weighted by molar-refractivity contribution is 0.152. The minimum Gasteiger partial charge on any atom is -0.450 e. The summed E-state index contributed by atoms with van der Waals surface area (Å²) in [6.45, 7) is 5.36. The molecule has 0 spiro atoms. The third kappa shape index (κ3) is 5.28. The monoisotopic (exact) mass is 322 g/mol. The van der Waals surface area contributed by atoms with Gasteiger partial charge in [-0.15, -0.1) is 0 Å². The molecule has 2 rings (SSSR count). The first-order chi connectivity index (χ1) is 11.2. The molecule has 2 N–H and O–H groups in total. The lowest BCUT2D eigenvalue weighted by Crippen LogP contribution is -2.52. The third-order valence-electron chi connectivity index (χ3n) is 3.35. The Bertz CT molecular complexity index is 504. The van der Waals surface area contributed by atoms with E-state index in [9.17, 15) is 9.59 Å². The van der Waals surface area contributed by atoms with Gasteiger partial charge in [0.2, 0.25) is 5.95 Å². The lowest BCUT2D eigenvalue weighted by atomic mass is 10.3. The van der Waals surface area contributed by atoms with Gasteiger partial charge in [-0.3, -0.25) is 0 Å². The van der Waals surface area contributed by atoms with Crippen molar-refractivity contribution in [3.63, 3.8) is 0 Å². The van der Waals surface area contributed by atoms with Gasteiger partial charge in [-0.05, 0) is 13.0 Å². The molecule has 0 bridgehead atoms. The predicted octanol–water partition coefficient (Wildman–Crippen LogP) is 0.0543. The van der Waals surface area contributed by atoms with E-state index in [-0.39, 0.29) is 6.03 Å². The van der Waals surface area contributed by atoms with Crippen LogP contribution in [-0.4, -0.2) is 72.9 Å². The fourth-order valence-corrected chi connectivity index (χ4v) is 2.19. The Morgan fingerprint density at radius 3 is 2.43 bits per heavy atom. The fourth-order valence-electron chi connectivity index (χ4n) is 2.19. The maximum Gasteiger partial charge on any atom is 0.407 e. The first-order valence-electron chi connectivity index (χ1n) is 7.66. The molecule has 126 valence electrons. The van der Waals surface area contributed by atoms with Crippen LogP contribution in [0.15, 0.2) is 18.5 Å². The van der Waals surface area contributed by atoms with Crippen molar-refractivity contribution < 1.29 is 14.3 Å². The number of alkyl carbamates (subject to hydrolysis) is 1. The second kappa shape index (κ2) is 8.76. The summed E-state index contributed by atoms with van der Waals surface area (Å²) in [6, 6.07) is 1.64. The summed E-state index contributed by atoms with van der Waals surface area (Å²) in [5.74, 6) is 0.686. The average Bonchev–Trinajstić information content (AvgIpc) is 2.60. The minimum absolute atomic E-state index is 0.135. The zero-order valence-corrected chi connectivity index (χ0v) is 13.2. The molecular weight excluding hydrogens is 300 g/mol. The number of carbonyl (C=O) groups excluding carboxylic acids is 2. The number of nitrogens with zero attached hydrogens (tertiary/aromatic N) is 4. The molecule has 2 heterocycles. The van der Waals surface area contributed by atoms with Crippen LogP contribution in [-0.2, 0) is 4.74 Å². The maximum atomic E-state index is 12.0. The third-order valence-corrected chi connectivity index (χ3v) is 3.35. The SMILES string of the molecule is CCOC(=O)NCCNC(=O)N1CCN(c2ncccn2)CC1. The summed E-state index contributed by atoms with van der Waals surface area (Å²) in [4.78, 5) is 35.3. The summed E-state index contributed by atoms with van der Waals surface area (Å²) in [5.41, 5.74) is 0. The van der Waals surface area contributed by atoms with E-state index in [0.717, 1.165) is 0 Å². The van der Waals surface area contributed by atoms with Crippen LogP contribution in [0.1, 0.15) is 6.92 Å². The highest BCUT2D eigenvalue weighted by Gasteiger charge is 2.22. The smallest absolute Gasteiger partial charge is 0.407 e. The number of amides is 3. The summed E-state index contributed by atoms with van der Waals surface area (Å²) in [5, 5.41) is 5.32. The molecule has 0 unspecified atom stereocenters. The number of nitrogens with one attached hydrogen (secondary N) is 2. The largest absolute Gasteiger partial charge is 0.450 e. The van der Waals surface area contributed by atoms with Crippen molar-refractivity contribution in [1.29, 1.82) is 0 Å². The van der Waals surface area contributed by atoms with E-state index in [0.29, 0.717) is 51.8 Å². The van der Waals surface area contributed by atoms with Gasteiger partial charge in [-0.25, -0.2) is 19.6 Å². The second-order valence-electron chi connectivity index (χ2n) is 4.90. The van der Waals surface area contributed by atoms with E-state index in [1.807, 2.05) is 4.90 Å². The van der Waals surface area contributed by atoms with Crippen molar-refractivity contribution in [2.45, 2.75) is 6.92 Å². The average molecular weight is 322 g/mol. The molecule has 0 aromatic carbocycles. The Balaban J connectivity index is 1.65. The van der Waals surface area contributed by atoms with Gasteiger partial charge in [-0.1, -0.05) is 0 Å². The predicted molar refractivity (Wildman–Crippen MR) is 84.2 cm³/mol. The van der Waals surface area contributed by atoms with E-state index < -0.39 is 6.09 Å². The van der Waals surface area contributed by atoms with E-state index >= 15 is 0 Å². The van der Waals surface area contributed by atoms with Crippen molar-refractivity contribution in [3.05, 3.63) is 18.5 Å². The summed E-state index contributed by atoms with van der Waals surface area (Å²) >= 11 is 0. The Kier molecular flexibility index (Phi) is 6.40. The Labute approximate surface area is 135 Å². The number of ether oxygens (including phenoxy) is 1. The highest BCUT2D eigenvalue weighted by Crippen LogP contribution is 2.09. The molecule has 23 heavy (non-hydrogen) atoms. The number of aromatic nitrogens is 2. The molecule has 9 heteroatoms. The molecule has 1 aromatic rings. The molecular formula is C14H22N6O3. The highest BCUT2D eigenvalue weighted by atomic mass is 16.5. The number of carbonyl (C=O) groups is 2. The molecule has 1 aliphatic heterocycles. The van der Waals surface area contributed by atoms with E-state index in [1.54, 1.807) is 30.3 Å². The topological polar surface area (TPSA) is 99.7 Å². The molecule has 1 aromatic heterocycles. The van der Waals surface area contributed by atoms with Crippen molar-refractivity contribution in [3.8, 4) is 0 Å². The standard InChI is InChI=1S/C14H22N6O3/c1-2-23-14(22)18-7-6-17-13(21)20-10-8-19(9-11-20)12-15-4-3-5-16-12/h3-5H,2,6-11H2,1H3,(H,17,21)(H,18,22). The Morgan fingerprint density at radius 2 is 1.78 bits per heavy atom. The van der Waals surface area contributed by atoms with Crippen LogP contribution >= 0.6 is 0 Å². The van der Waals surface area contributed by atoms with Gasteiger partial charge in [0.05, 0.1) is 6.61 Å². The van der Waals surface area contributed by atoms with Crippen LogP contribution in [0, 0.1) is 0 Å². The van der Waals surface area contributed by atoms with Crippen LogP contribution < -0.4 is 15.5 Å². The molecule has 0 atom stereocenters. The number of hydrogen-bond donors (Lipinski definition) is 2. The molecule has 1 aliphatic rings. The number of rotatable bonds is 5. The molecule has 1 saturated heterocycles. The molecule has 0 radical (unpaired) electrons. The Morgan fingerprint density at radius 1 is 1.13 bits per heavy atom. The van der Waals surface area contributed by atoms with Crippen molar-refractivity contribution in [2.75, 3.05) is 50.8 Å². The molecule has 0 saturated carbocycles. The van der Waals surface area contributed by atoms with Crippen LogP contribution in [0.25, 0.3) is 0 Å². The van der Waals surface area contributed by atoms with Gasteiger partial charge < -0.3 is 25.2 Å². The highest BCUT2D eigenvalue weighted by molar-refractivity contribution is 5.74. The van der Waals surface area contributed by atoms with E-state index in [4.69, 9.17) is 4.74 Å². The quantitative estimate of drug-likeness (QED) is 0.743. The molecule has 0 aliphatic carbocycles. The molecule has 9 nitrogen and oxygen atoms in total. The number of hydrogen-bond acceptors (Lipinski definition) is 6. The van der Waals surface area contributed by atoms with E-state index in [2.05, 4.69) is 20.6 Å². The fraction of sp³-hybridized carbons (Fsp3) is 0.571. The zero-order chi connectivity index (χ0) is 16.5. The summed E-state index contributed by atoms with van der Waals surface area (Å²) < 4.78 is 4.73. The van der Waals surface area contributed by atoms with Gasteiger partial charge in [0.25, 0.3) is 0 Å². The van der Waals surface area contributed by atoms with Gasteiger partial charge in [0, 0.05) is 51.7 Å². The summed E-state index contributed by atoms with van der Waals surface area (Å²) in [7, 11) is 0. The first kappa shape index (κ1) is 16.8. The van der Waals surface area contributed by atoms with E-state index in [1.165, 1.54) is 0 Å². The number of urea groups is 1. The van der Waals surface area contributed by atoms with Gasteiger partial charge in [0.1, 0.15) is 0 Å². The zero-order valence-electron chi connectivity index (χ0n) is 13.2.